The van der Waals surface area contributed by atoms with E-state index in [1.807, 2.05) is 18.2 Å². The summed E-state index contributed by atoms with van der Waals surface area (Å²) in [6, 6.07) is 8.05. The standard InChI is InChI=1S/C13H18BrClO/c1-10(2)16-7-6-12(9-14)11-4-3-5-13(15)8-11/h3-5,8,10,12H,6-7,9H2,1-2H3. The van der Waals surface area contributed by atoms with Gasteiger partial charge in [0.15, 0.2) is 0 Å². The maximum Gasteiger partial charge on any atom is 0.0518 e. The minimum Gasteiger partial charge on any atom is -0.379 e. The SMILES string of the molecule is CC(C)OCCC(CBr)c1cccc(Cl)c1. The number of alkyl halides is 1. The predicted octanol–water partition coefficient (Wildman–Crippen LogP) is 4.63. The lowest BCUT2D eigenvalue weighted by Gasteiger charge is -2.16. The van der Waals surface area contributed by atoms with Gasteiger partial charge in [0.1, 0.15) is 0 Å². The highest BCUT2D eigenvalue weighted by molar-refractivity contribution is 9.09. The smallest absolute Gasteiger partial charge is 0.0518 e. The van der Waals surface area contributed by atoms with E-state index in [-0.39, 0.29) is 0 Å². The van der Waals surface area contributed by atoms with Gasteiger partial charge in [0.2, 0.25) is 0 Å². The van der Waals surface area contributed by atoms with Crippen molar-refractivity contribution in [2.75, 3.05) is 11.9 Å². The maximum absolute atomic E-state index is 5.98. The Bertz CT molecular complexity index is 315. The van der Waals surface area contributed by atoms with Gasteiger partial charge in [0.05, 0.1) is 6.10 Å². The lowest BCUT2D eigenvalue weighted by molar-refractivity contribution is 0.0744. The van der Waals surface area contributed by atoms with E-state index >= 15 is 0 Å². The zero-order valence-electron chi connectivity index (χ0n) is 9.75. The molecule has 1 nitrogen and oxygen atoms in total. The summed E-state index contributed by atoms with van der Waals surface area (Å²) in [4.78, 5) is 0. The highest BCUT2D eigenvalue weighted by Crippen LogP contribution is 2.24. The van der Waals surface area contributed by atoms with Gasteiger partial charge in [0, 0.05) is 17.0 Å². The predicted molar refractivity (Wildman–Crippen MR) is 73.7 cm³/mol. The van der Waals surface area contributed by atoms with Crippen LogP contribution in [0.2, 0.25) is 5.02 Å². The Morgan fingerprint density at radius 3 is 2.69 bits per heavy atom. The number of hydrogen-bond acceptors (Lipinski definition) is 1. The van der Waals surface area contributed by atoms with Crippen molar-refractivity contribution in [1.29, 1.82) is 0 Å². The Morgan fingerprint density at radius 2 is 2.12 bits per heavy atom. The van der Waals surface area contributed by atoms with Crippen molar-refractivity contribution in [3.63, 3.8) is 0 Å². The van der Waals surface area contributed by atoms with E-state index in [0.717, 1.165) is 23.4 Å². The van der Waals surface area contributed by atoms with Crippen molar-refractivity contribution < 1.29 is 4.74 Å². The van der Waals surface area contributed by atoms with E-state index in [0.29, 0.717) is 12.0 Å². The fourth-order valence-electron chi connectivity index (χ4n) is 1.54. The third-order valence-corrected chi connectivity index (χ3v) is 3.44. The zero-order valence-corrected chi connectivity index (χ0v) is 12.1. The lowest BCUT2D eigenvalue weighted by Crippen LogP contribution is -2.09. The molecule has 0 N–H and O–H groups in total. The van der Waals surface area contributed by atoms with Crippen LogP contribution in [0.15, 0.2) is 24.3 Å². The first-order valence-corrected chi connectivity index (χ1v) is 7.06. The Kier molecular flexibility index (Phi) is 6.40. The second-order valence-corrected chi connectivity index (χ2v) is 5.20. The number of rotatable bonds is 6. The van der Waals surface area contributed by atoms with Crippen molar-refractivity contribution in [3.05, 3.63) is 34.9 Å². The van der Waals surface area contributed by atoms with Gasteiger partial charge in [-0.05, 0) is 43.9 Å². The van der Waals surface area contributed by atoms with E-state index in [2.05, 4.69) is 35.8 Å². The molecule has 16 heavy (non-hydrogen) atoms. The molecule has 1 aromatic carbocycles. The molecule has 1 atom stereocenters. The number of ether oxygens (including phenoxy) is 1. The number of benzene rings is 1. The van der Waals surface area contributed by atoms with Gasteiger partial charge in [0.25, 0.3) is 0 Å². The van der Waals surface area contributed by atoms with Crippen LogP contribution in [0.25, 0.3) is 0 Å². The molecular formula is C13H18BrClO. The summed E-state index contributed by atoms with van der Waals surface area (Å²) in [5.74, 6) is 0.470. The van der Waals surface area contributed by atoms with Crippen LogP contribution in [0.5, 0.6) is 0 Å². The van der Waals surface area contributed by atoms with E-state index < -0.39 is 0 Å². The maximum atomic E-state index is 5.98. The van der Waals surface area contributed by atoms with Crippen LogP contribution < -0.4 is 0 Å². The minimum atomic E-state index is 0.301. The normalized spacial score (nSPS) is 13.1. The molecule has 1 aromatic rings. The monoisotopic (exact) mass is 304 g/mol. The molecule has 0 fully saturated rings. The number of halogens is 2. The summed E-state index contributed by atoms with van der Waals surface area (Å²) >= 11 is 9.53. The van der Waals surface area contributed by atoms with Gasteiger partial charge in [-0.3, -0.25) is 0 Å². The molecule has 3 heteroatoms. The fourth-order valence-corrected chi connectivity index (χ4v) is 2.44. The van der Waals surface area contributed by atoms with Crippen LogP contribution in [-0.4, -0.2) is 18.0 Å². The van der Waals surface area contributed by atoms with Gasteiger partial charge in [-0.2, -0.15) is 0 Å². The van der Waals surface area contributed by atoms with Crippen LogP contribution in [0.4, 0.5) is 0 Å². The third-order valence-electron chi connectivity index (χ3n) is 2.42. The van der Waals surface area contributed by atoms with E-state index in [1.165, 1.54) is 5.56 Å². The number of hydrogen-bond donors (Lipinski definition) is 0. The van der Waals surface area contributed by atoms with E-state index in [9.17, 15) is 0 Å². The highest BCUT2D eigenvalue weighted by Gasteiger charge is 2.10. The summed E-state index contributed by atoms with van der Waals surface area (Å²) in [5.41, 5.74) is 1.27. The first kappa shape index (κ1) is 14.0. The molecule has 0 aliphatic carbocycles. The molecule has 0 heterocycles. The summed E-state index contributed by atoms with van der Waals surface area (Å²) in [5, 5.41) is 1.74. The van der Waals surface area contributed by atoms with Gasteiger partial charge in [-0.1, -0.05) is 39.7 Å². The van der Waals surface area contributed by atoms with E-state index in [1.54, 1.807) is 0 Å². The Labute approximate surface area is 111 Å². The summed E-state index contributed by atoms with van der Waals surface area (Å²) < 4.78 is 5.57. The van der Waals surface area contributed by atoms with Gasteiger partial charge < -0.3 is 4.74 Å². The van der Waals surface area contributed by atoms with Crippen molar-refractivity contribution in [3.8, 4) is 0 Å². The quantitative estimate of drug-likeness (QED) is 0.696. The van der Waals surface area contributed by atoms with Crippen LogP contribution in [0, 0.1) is 0 Å². The molecule has 0 spiro atoms. The zero-order chi connectivity index (χ0) is 12.0. The van der Waals surface area contributed by atoms with Crippen LogP contribution >= 0.6 is 27.5 Å². The van der Waals surface area contributed by atoms with Crippen molar-refractivity contribution in [2.24, 2.45) is 0 Å². The molecular weight excluding hydrogens is 287 g/mol. The van der Waals surface area contributed by atoms with E-state index in [4.69, 9.17) is 16.3 Å². The molecule has 0 radical (unpaired) electrons. The molecule has 0 saturated carbocycles. The minimum absolute atomic E-state index is 0.301. The second kappa shape index (κ2) is 7.31. The lowest BCUT2D eigenvalue weighted by atomic mass is 9.98. The van der Waals surface area contributed by atoms with Crippen LogP contribution in [0.1, 0.15) is 31.7 Å². The molecule has 0 aliphatic heterocycles. The Hall–Kier alpha value is -0.0500. The molecule has 0 amide bonds. The first-order chi connectivity index (χ1) is 7.63. The van der Waals surface area contributed by atoms with Gasteiger partial charge in [-0.25, -0.2) is 0 Å². The van der Waals surface area contributed by atoms with Crippen LogP contribution in [0.3, 0.4) is 0 Å². The molecule has 90 valence electrons. The summed E-state index contributed by atoms with van der Waals surface area (Å²) in [6.45, 7) is 4.91. The molecule has 0 aromatic heterocycles. The van der Waals surface area contributed by atoms with Gasteiger partial charge in [-0.15, -0.1) is 0 Å². The Morgan fingerprint density at radius 1 is 1.38 bits per heavy atom. The van der Waals surface area contributed by atoms with Gasteiger partial charge >= 0.3 is 0 Å². The highest BCUT2D eigenvalue weighted by atomic mass is 79.9. The topological polar surface area (TPSA) is 9.23 Å². The largest absolute Gasteiger partial charge is 0.379 e. The molecule has 0 bridgehead atoms. The van der Waals surface area contributed by atoms with Crippen LogP contribution in [-0.2, 0) is 4.74 Å². The molecule has 0 aliphatic rings. The fraction of sp³-hybridized carbons (Fsp3) is 0.538. The average Bonchev–Trinajstić information content (AvgIpc) is 2.24. The summed E-state index contributed by atoms with van der Waals surface area (Å²) in [7, 11) is 0. The molecule has 1 unspecified atom stereocenters. The molecule has 1 rings (SSSR count). The van der Waals surface area contributed by atoms with Crippen molar-refractivity contribution in [2.45, 2.75) is 32.3 Å². The van der Waals surface area contributed by atoms with Crippen molar-refractivity contribution >= 4 is 27.5 Å². The summed E-state index contributed by atoms with van der Waals surface area (Å²) in [6.07, 6.45) is 1.32. The average molecular weight is 306 g/mol. The third kappa shape index (κ3) is 4.86. The Balaban J connectivity index is 2.53. The first-order valence-electron chi connectivity index (χ1n) is 5.56. The van der Waals surface area contributed by atoms with Crippen molar-refractivity contribution in [1.82, 2.24) is 0 Å². The second-order valence-electron chi connectivity index (χ2n) is 4.11. The molecule has 0 saturated heterocycles.